The molecule has 0 heteroatoms. The van der Waals surface area contributed by atoms with E-state index in [9.17, 15) is 0 Å². The van der Waals surface area contributed by atoms with Crippen LogP contribution in [0.3, 0.4) is 0 Å². The second-order valence-corrected chi connectivity index (χ2v) is 33.7. The largest absolute Gasteiger partial charge is 0.0622 e. The van der Waals surface area contributed by atoms with Crippen molar-refractivity contribution < 1.29 is 0 Å². The molecule has 0 nitrogen and oxygen atoms in total. The van der Waals surface area contributed by atoms with E-state index in [4.69, 9.17) is 0 Å². The molecular weight excluding hydrogens is 1140 g/mol. The van der Waals surface area contributed by atoms with Crippen LogP contribution < -0.4 is 0 Å². The number of hydrogen-bond donors (Lipinski definition) is 0. The maximum Gasteiger partial charge on any atom is 0.0514 e. The molecule has 416 valence electrons. The Labute approximate surface area is 534 Å². The van der Waals surface area contributed by atoms with Gasteiger partial charge in [0.05, 0.1) is 10.8 Å². The predicted molar refractivity (Wildman–Crippen MR) is 390 cm³/mol. The van der Waals surface area contributed by atoms with E-state index in [1.807, 2.05) is 22.3 Å². The predicted octanol–water partition coefficient (Wildman–Crippen LogP) is 22.1. The van der Waals surface area contributed by atoms with Crippen LogP contribution >= 0.6 is 0 Å². The molecule has 0 fully saturated rings. The molecule has 0 bridgehead atoms. The van der Waals surface area contributed by atoms with Gasteiger partial charge in [-0.3, -0.25) is 0 Å². The van der Waals surface area contributed by atoms with Crippen LogP contribution in [0.25, 0.3) is 215 Å². The molecule has 0 aromatic heterocycles. The van der Waals surface area contributed by atoms with E-state index in [-0.39, 0.29) is 5.92 Å². The minimum Gasteiger partial charge on any atom is -0.0622 e. The summed E-state index contributed by atoms with van der Waals surface area (Å²) >= 11 is 0. The van der Waals surface area contributed by atoms with E-state index in [1.54, 1.807) is 271 Å². The van der Waals surface area contributed by atoms with E-state index in [2.05, 4.69) is 152 Å². The van der Waals surface area contributed by atoms with Crippen molar-refractivity contribution in [1.29, 1.82) is 0 Å². The summed E-state index contributed by atoms with van der Waals surface area (Å²) in [5.41, 5.74) is 30.3. The van der Waals surface area contributed by atoms with Crippen molar-refractivity contribution >= 4 is 215 Å². The molecule has 11 aliphatic carbocycles. The van der Waals surface area contributed by atoms with Crippen LogP contribution in [0.4, 0.5) is 0 Å². The number of allylic oxidation sites excluding steroid dienone is 4. The molecule has 0 radical (unpaired) electrons. The standard InChI is InChI=1S/C95H36/c1-6-16-31(17-7-1)26-91-76-66-56-46-41-36-37-39-40-38(36)43-50-48(41)58(56)68-70-60(50)62-52(43)54-45(40)55-53-44(39)51-49-42(37)47(46)57-59(49)69-71-61(51)63(53)73-75-65(55)64(54)74-72(62)82-80(70)92(78(68)76,27-32-18-8-2-9-19-32)87-86(91)88-90-89(87)94(82,29-34-22-12-4-13-23-34)84(74)85(75)95(90,30-35-24-14-5-15-25-35)83(73)81(71)93(88,79(69)77(91)67(57)66)28-33-20-10-3-11-21-33/h1-25,86H,26-30H2. The first-order valence-electron chi connectivity index (χ1n) is 35.7. The summed E-state index contributed by atoms with van der Waals surface area (Å²) in [6.07, 6.45) is 4.87. The van der Waals surface area contributed by atoms with Crippen molar-refractivity contribution in [3.8, 4) is 0 Å². The highest BCUT2D eigenvalue weighted by Crippen LogP contribution is 2.92. The van der Waals surface area contributed by atoms with Crippen LogP contribution in [-0.2, 0) is 59.2 Å². The van der Waals surface area contributed by atoms with Crippen molar-refractivity contribution in [1.82, 2.24) is 0 Å². The SMILES string of the molecule is c1ccc(CC23C4=C5C6C7=C4C4(Cc8ccccc8)c8c2c2c9c3c3c%10c%11c(c%12c%13c%14c(c%15c%16c%17c(c4c4c8c8c2c2c%18c9c%10c9c%10c%11c%13c%11c%13c%14c%16c%14c%16c%17c4c4c8c2c2c(c%189)c(c%10%11)c(c%14%13)c2c4%16)C7%15Cc2ccccc2)C%126Cc2ccccc2)C53Cc2ccccc2)cc1. The lowest BCUT2D eigenvalue weighted by molar-refractivity contribution is 0.294. The summed E-state index contributed by atoms with van der Waals surface area (Å²) in [5.74, 6) is 0.107. The van der Waals surface area contributed by atoms with Gasteiger partial charge in [0.1, 0.15) is 0 Å². The molecule has 4 atom stereocenters. The van der Waals surface area contributed by atoms with Crippen LogP contribution in [0.15, 0.2) is 174 Å². The molecule has 0 spiro atoms. The smallest absolute Gasteiger partial charge is 0.0514 e. The minimum absolute atomic E-state index is 0.107. The summed E-state index contributed by atoms with van der Waals surface area (Å²) in [7, 11) is 0. The molecule has 11 aliphatic rings. The average Bonchev–Trinajstić information content (AvgIpc) is 1.37. The molecule has 0 heterocycles. The lowest BCUT2D eigenvalue weighted by Crippen LogP contribution is -2.58. The molecule has 0 aliphatic heterocycles. The maximum absolute atomic E-state index is 2.58. The first-order chi connectivity index (χ1) is 47.2. The molecule has 4 unspecified atom stereocenters. The van der Waals surface area contributed by atoms with Gasteiger partial charge in [0.2, 0.25) is 0 Å². The zero-order valence-corrected chi connectivity index (χ0v) is 50.5. The van der Waals surface area contributed by atoms with Crippen molar-refractivity contribution in [3.63, 3.8) is 0 Å². The van der Waals surface area contributed by atoms with E-state index in [0.717, 1.165) is 32.1 Å². The quantitative estimate of drug-likeness (QED) is 0.120. The third kappa shape index (κ3) is 2.77. The summed E-state index contributed by atoms with van der Waals surface area (Å²) in [5, 5.41) is 66.8. The monoisotopic (exact) mass is 1180 g/mol. The van der Waals surface area contributed by atoms with Crippen LogP contribution in [0.1, 0.15) is 83.5 Å². The Morgan fingerprint density at radius 1 is 0.168 bits per heavy atom. The zero-order valence-electron chi connectivity index (χ0n) is 50.5. The summed E-state index contributed by atoms with van der Waals surface area (Å²) < 4.78 is 0. The van der Waals surface area contributed by atoms with E-state index < -0.39 is 27.1 Å². The van der Waals surface area contributed by atoms with Gasteiger partial charge in [0, 0.05) is 22.2 Å². The van der Waals surface area contributed by atoms with Gasteiger partial charge in [-0.25, -0.2) is 0 Å². The lowest BCUT2D eigenvalue weighted by atomic mass is 9.41. The second-order valence-electron chi connectivity index (χ2n) is 33.7. The first-order valence-corrected chi connectivity index (χ1v) is 35.7. The fraction of sp³-hybridized carbons (Fsp3) is 0.116. The number of benzene rings is 20. The van der Waals surface area contributed by atoms with E-state index in [0.29, 0.717) is 0 Å². The summed E-state index contributed by atoms with van der Waals surface area (Å²) in [6, 6.07) is 61.3. The highest BCUT2D eigenvalue weighted by Gasteiger charge is 2.81. The van der Waals surface area contributed by atoms with Gasteiger partial charge in [-0.05, 0) is 353 Å². The molecule has 95 heavy (non-hydrogen) atoms. The van der Waals surface area contributed by atoms with Gasteiger partial charge >= 0.3 is 0 Å². The van der Waals surface area contributed by atoms with Crippen LogP contribution in [0.5, 0.6) is 0 Å². The van der Waals surface area contributed by atoms with Gasteiger partial charge in [-0.15, -0.1) is 0 Å². The van der Waals surface area contributed by atoms with E-state index >= 15 is 0 Å². The van der Waals surface area contributed by atoms with Crippen LogP contribution in [-0.4, -0.2) is 0 Å². The average molecular weight is 1180 g/mol. The van der Waals surface area contributed by atoms with Crippen molar-refractivity contribution in [3.05, 3.63) is 257 Å². The third-order valence-corrected chi connectivity index (χ3v) is 32.0. The number of hydrogen-bond acceptors (Lipinski definition) is 0. The Morgan fingerprint density at radius 2 is 0.337 bits per heavy atom. The number of rotatable bonds is 10. The molecule has 26 aromatic carbocycles. The summed E-state index contributed by atoms with van der Waals surface area (Å²) in [4.78, 5) is 0. The first kappa shape index (κ1) is 40.9. The van der Waals surface area contributed by atoms with Crippen LogP contribution in [0, 0.1) is 5.92 Å². The lowest BCUT2D eigenvalue weighted by Gasteiger charge is -2.60. The third-order valence-electron chi connectivity index (χ3n) is 32.0. The normalized spacial score (nSPS) is 25.9. The Kier molecular flexibility index (Phi) is 4.59. The Bertz CT molecular complexity index is 8060. The molecule has 0 N–H and O–H groups in total. The fourth-order valence-corrected chi connectivity index (χ4v) is 31.4. The van der Waals surface area contributed by atoms with Gasteiger partial charge in [-0.2, -0.15) is 0 Å². The highest BCUT2D eigenvalue weighted by molar-refractivity contribution is 6.77. The molecule has 0 saturated heterocycles. The Balaban J connectivity index is 0.987. The molecule has 37 rings (SSSR count). The molecule has 0 amide bonds. The van der Waals surface area contributed by atoms with Crippen LogP contribution in [0.2, 0.25) is 0 Å². The van der Waals surface area contributed by atoms with Gasteiger partial charge in [0.15, 0.2) is 0 Å². The second kappa shape index (κ2) is 10.7. The molecular formula is C95H36. The maximum atomic E-state index is 2.58. The fourth-order valence-electron chi connectivity index (χ4n) is 31.4. The van der Waals surface area contributed by atoms with Gasteiger partial charge in [0.25, 0.3) is 0 Å². The van der Waals surface area contributed by atoms with Crippen molar-refractivity contribution in [2.75, 3.05) is 0 Å². The minimum atomic E-state index is -0.464. The van der Waals surface area contributed by atoms with Crippen molar-refractivity contribution in [2.24, 2.45) is 5.92 Å². The summed E-state index contributed by atoms with van der Waals surface area (Å²) in [6.45, 7) is 0. The van der Waals surface area contributed by atoms with Crippen molar-refractivity contribution in [2.45, 2.75) is 59.2 Å². The topological polar surface area (TPSA) is 0 Å². The Hall–Kier alpha value is -10.9. The Morgan fingerprint density at radius 3 is 0.568 bits per heavy atom. The van der Waals surface area contributed by atoms with Gasteiger partial charge < -0.3 is 0 Å². The van der Waals surface area contributed by atoms with Gasteiger partial charge in [-0.1, -0.05) is 152 Å². The van der Waals surface area contributed by atoms with E-state index in [1.165, 1.54) is 27.8 Å². The zero-order chi connectivity index (χ0) is 58.4. The molecule has 0 saturated carbocycles. The molecule has 26 aromatic rings. The highest BCUT2D eigenvalue weighted by atomic mass is 14.8.